The molecule has 1 aromatic rings. The number of carbonyl (C=O) groups is 1. The van der Waals surface area contributed by atoms with E-state index in [0.717, 1.165) is 44.0 Å². The molecule has 1 aliphatic heterocycles. The van der Waals surface area contributed by atoms with Crippen LogP contribution in [-0.4, -0.2) is 41.0 Å². The summed E-state index contributed by atoms with van der Waals surface area (Å²) in [5, 5.41) is 6.33. The van der Waals surface area contributed by atoms with Crippen LogP contribution in [0.2, 0.25) is 0 Å². The fourth-order valence-electron chi connectivity index (χ4n) is 2.44. The summed E-state index contributed by atoms with van der Waals surface area (Å²) in [5.41, 5.74) is 1.10. The molecule has 0 aromatic carbocycles. The molecule has 0 aliphatic carbocycles. The number of amides is 1. The minimum atomic E-state index is 0.0479. The third-order valence-electron chi connectivity index (χ3n) is 3.59. The fraction of sp³-hybridized carbons (Fsp3) is 0.667. The van der Waals surface area contributed by atoms with Gasteiger partial charge in [0.15, 0.2) is 0 Å². The zero-order chi connectivity index (χ0) is 15.2. The number of carbonyl (C=O) groups excluding carboxylic acids is 1. The molecule has 116 valence electrons. The number of nitrogens with one attached hydrogen (secondary N) is 2. The van der Waals surface area contributed by atoms with E-state index < -0.39 is 0 Å². The van der Waals surface area contributed by atoms with Gasteiger partial charge >= 0.3 is 0 Å². The Hall–Kier alpha value is -1.69. The number of anilines is 1. The largest absolute Gasteiger partial charge is 0.353 e. The van der Waals surface area contributed by atoms with Crippen molar-refractivity contribution >= 4 is 11.9 Å². The van der Waals surface area contributed by atoms with Gasteiger partial charge in [0.1, 0.15) is 0 Å². The van der Waals surface area contributed by atoms with E-state index in [2.05, 4.69) is 39.3 Å². The van der Waals surface area contributed by atoms with Crippen molar-refractivity contribution in [3.63, 3.8) is 0 Å². The zero-order valence-electron chi connectivity index (χ0n) is 13.1. The Morgan fingerprint density at radius 1 is 1.33 bits per heavy atom. The van der Waals surface area contributed by atoms with Crippen molar-refractivity contribution in [3.05, 3.63) is 18.0 Å². The molecule has 0 unspecified atom stereocenters. The minimum absolute atomic E-state index is 0.0479. The molecule has 0 radical (unpaired) electrons. The molecule has 1 fully saturated rings. The van der Waals surface area contributed by atoms with Crippen LogP contribution in [0.25, 0.3) is 0 Å². The predicted molar refractivity (Wildman–Crippen MR) is 83.1 cm³/mol. The summed E-state index contributed by atoms with van der Waals surface area (Å²) < 4.78 is 0. The first-order chi connectivity index (χ1) is 10.0. The Bertz CT molecular complexity index is 452. The second kappa shape index (κ2) is 7.36. The first kappa shape index (κ1) is 15.7. The van der Waals surface area contributed by atoms with Crippen LogP contribution in [0.3, 0.4) is 0 Å². The van der Waals surface area contributed by atoms with Gasteiger partial charge in [-0.25, -0.2) is 9.97 Å². The van der Waals surface area contributed by atoms with E-state index in [1.165, 1.54) is 0 Å². The molecule has 6 nitrogen and oxygen atoms in total. The standard InChI is InChI=1S/C15H25N5O/c1-11(2)16-8-13-9-17-15(18-10-13)20-6-4-14(5-7-20)19-12(3)21/h9-11,14,16H,4-8H2,1-3H3,(H,19,21). The van der Waals surface area contributed by atoms with E-state index in [0.29, 0.717) is 6.04 Å². The van der Waals surface area contributed by atoms with Crippen molar-refractivity contribution < 1.29 is 4.79 Å². The molecule has 1 aromatic heterocycles. The molecular formula is C15H25N5O. The molecule has 2 N–H and O–H groups in total. The maximum absolute atomic E-state index is 11.1. The predicted octanol–water partition coefficient (Wildman–Crippen LogP) is 1.08. The van der Waals surface area contributed by atoms with E-state index in [-0.39, 0.29) is 11.9 Å². The Labute approximate surface area is 126 Å². The number of aromatic nitrogens is 2. The highest BCUT2D eigenvalue weighted by molar-refractivity contribution is 5.73. The molecule has 1 amide bonds. The first-order valence-corrected chi connectivity index (χ1v) is 7.61. The number of hydrogen-bond donors (Lipinski definition) is 2. The Morgan fingerprint density at radius 3 is 2.48 bits per heavy atom. The molecule has 0 spiro atoms. The summed E-state index contributed by atoms with van der Waals surface area (Å²) >= 11 is 0. The highest BCUT2D eigenvalue weighted by atomic mass is 16.1. The number of nitrogens with zero attached hydrogens (tertiary/aromatic N) is 3. The summed E-state index contributed by atoms with van der Waals surface area (Å²) in [5.74, 6) is 0.830. The van der Waals surface area contributed by atoms with Crippen LogP contribution in [-0.2, 0) is 11.3 Å². The summed E-state index contributed by atoms with van der Waals surface area (Å²) in [7, 11) is 0. The lowest BCUT2D eigenvalue weighted by Gasteiger charge is -2.32. The summed E-state index contributed by atoms with van der Waals surface area (Å²) in [4.78, 5) is 22.1. The number of piperidine rings is 1. The monoisotopic (exact) mass is 291 g/mol. The maximum atomic E-state index is 11.1. The van der Waals surface area contributed by atoms with Crippen LogP contribution < -0.4 is 15.5 Å². The molecule has 0 atom stereocenters. The average Bonchev–Trinajstić information content (AvgIpc) is 2.46. The van der Waals surface area contributed by atoms with Crippen molar-refractivity contribution in [2.45, 2.75) is 52.2 Å². The maximum Gasteiger partial charge on any atom is 0.225 e. The van der Waals surface area contributed by atoms with Gasteiger partial charge in [-0.1, -0.05) is 13.8 Å². The molecule has 0 bridgehead atoms. The molecule has 6 heteroatoms. The van der Waals surface area contributed by atoms with E-state index in [1.807, 2.05) is 12.4 Å². The lowest BCUT2D eigenvalue weighted by molar-refractivity contribution is -0.119. The molecule has 1 saturated heterocycles. The zero-order valence-corrected chi connectivity index (χ0v) is 13.1. The van der Waals surface area contributed by atoms with Gasteiger partial charge < -0.3 is 15.5 Å². The molecular weight excluding hydrogens is 266 g/mol. The van der Waals surface area contributed by atoms with Crippen molar-refractivity contribution in [1.29, 1.82) is 0 Å². The molecule has 0 saturated carbocycles. The minimum Gasteiger partial charge on any atom is -0.353 e. The molecule has 2 heterocycles. The van der Waals surface area contributed by atoms with E-state index >= 15 is 0 Å². The van der Waals surface area contributed by atoms with Gasteiger partial charge in [0.2, 0.25) is 11.9 Å². The summed E-state index contributed by atoms with van der Waals surface area (Å²) in [6.07, 6.45) is 5.66. The van der Waals surface area contributed by atoms with Gasteiger partial charge in [0.25, 0.3) is 0 Å². The average molecular weight is 291 g/mol. The fourth-order valence-corrected chi connectivity index (χ4v) is 2.44. The van der Waals surface area contributed by atoms with Crippen molar-refractivity contribution in [2.24, 2.45) is 0 Å². The van der Waals surface area contributed by atoms with E-state index in [4.69, 9.17) is 0 Å². The van der Waals surface area contributed by atoms with Gasteiger partial charge in [-0.3, -0.25) is 4.79 Å². The van der Waals surface area contributed by atoms with E-state index in [1.54, 1.807) is 6.92 Å². The Balaban J connectivity index is 1.84. The second-order valence-electron chi connectivity index (χ2n) is 5.89. The molecule has 1 aliphatic rings. The van der Waals surface area contributed by atoms with Crippen LogP contribution >= 0.6 is 0 Å². The van der Waals surface area contributed by atoms with Gasteiger partial charge in [-0.2, -0.15) is 0 Å². The van der Waals surface area contributed by atoms with Crippen LogP contribution in [0.1, 0.15) is 39.2 Å². The normalized spacial score (nSPS) is 16.3. The second-order valence-corrected chi connectivity index (χ2v) is 5.89. The topological polar surface area (TPSA) is 70.2 Å². The van der Waals surface area contributed by atoms with E-state index in [9.17, 15) is 4.79 Å². The summed E-state index contributed by atoms with van der Waals surface area (Å²) in [6, 6.07) is 0.741. The van der Waals surface area contributed by atoms with Gasteiger partial charge in [0.05, 0.1) is 0 Å². The number of hydrogen-bond acceptors (Lipinski definition) is 5. The lowest BCUT2D eigenvalue weighted by Crippen LogP contribution is -2.44. The van der Waals surface area contributed by atoms with Crippen LogP contribution in [0.4, 0.5) is 5.95 Å². The van der Waals surface area contributed by atoms with Crippen molar-refractivity contribution in [2.75, 3.05) is 18.0 Å². The van der Waals surface area contributed by atoms with Gasteiger partial charge in [-0.15, -0.1) is 0 Å². The molecule has 2 rings (SSSR count). The van der Waals surface area contributed by atoms with Crippen LogP contribution in [0.5, 0.6) is 0 Å². The third kappa shape index (κ3) is 4.97. The highest BCUT2D eigenvalue weighted by Gasteiger charge is 2.21. The highest BCUT2D eigenvalue weighted by Crippen LogP contribution is 2.15. The number of rotatable bonds is 5. The Morgan fingerprint density at radius 2 is 1.95 bits per heavy atom. The third-order valence-corrected chi connectivity index (χ3v) is 3.59. The van der Waals surface area contributed by atoms with Crippen molar-refractivity contribution in [1.82, 2.24) is 20.6 Å². The van der Waals surface area contributed by atoms with Crippen LogP contribution in [0.15, 0.2) is 12.4 Å². The molecule has 21 heavy (non-hydrogen) atoms. The van der Waals surface area contributed by atoms with Crippen molar-refractivity contribution in [3.8, 4) is 0 Å². The first-order valence-electron chi connectivity index (χ1n) is 7.61. The smallest absolute Gasteiger partial charge is 0.225 e. The SMILES string of the molecule is CC(=O)NC1CCN(c2ncc(CNC(C)C)cn2)CC1. The quantitative estimate of drug-likeness (QED) is 0.849. The summed E-state index contributed by atoms with van der Waals surface area (Å²) in [6.45, 7) is 8.37. The van der Waals surface area contributed by atoms with Gasteiger partial charge in [0, 0.05) is 56.6 Å². The lowest BCUT2D eigenvalue weighted by atomic mass is 10.1. The van der Waals surface area contributed by atoms with Crippen LogP contribution in [0, 0.1) is 0 Å². The Kier molecular flexibility index (Phi) is 5.50. The van der Waals surface area contributed by atoms with Gasteiger partial charge in [-0.05, 0) is 12.8 Å².